The number of hydrogen-bond acceptors (Lipinski definition) is 4. The molecule has 0 saturated heterocycles. The summed E-state index contributed by atoms with van der Waals surface area (Å²) in [6, 6.07) is -0.276. The zero-order valence-corrected chi connectivity index (χ0v) is 14.0. The zero-order valence-electron chi connectivity index (χ0n) is 13.2. The summed E-state index contributed by atoms with van der Waals surface area (Å²) >= 11 is 1.57. The van der Waals surface area contributed by atoms with Gasteiger partial charge in [0.05, 0.1) is 5.69 Å². The number of hydrogen-bond donors (Lipinski definition) is 2. The number of aromatic nitrogens is 2. The molecule has 1 saturated carbocycles. The van der Waals surface area contributed by atoms with E-state index in [4.69, 9.17) is 5.73 Å². The molecule has 0 radical (unpaired) electrons. The Bertz CT molecular complexity index is 550. The van der Waals surface area contributed by atoms with E-state index < -0.39 is 6.03 Å². The molecule has 0 unspecified atom stereocenters. The number of thioether (sulfide) groups is 1. The molecular formula is C15H24N4O2S. The Morgan fingerprint density at radius 2 is 2.00 bits per heavy atom. The molecule has 1 heterocycles. The van der Waals surface area contributed by atoms with Crippen LogP contribution in [0.5, 0.6) is 0 Å². The largest absolute Gasteiger partial charge is 0.351 e. The standard InChI is InChI=1S/C15H24N4O2S/c1-10-11(2)19(12-6-4-3-5-7-12)15(17-10)22-9-8-13(20)18-14(16)21/h12H,3-9H2,1-2H3,(H3,16,18,20,21). The summed E-state index contributed by atoms with van der Waals surface area (Å²) in [6.07, 6.45) is 6.51. The highest BCUT2D eigenvalue weighted by Gasteiger charge is 2.22. The van der Waals surface area contributed by atoms with E-state index in [0.29, 0.717) is 11.8 Å². The highest BCUT2D eigenvalue weighted by Crippen LogP contribution is 2.34. The van der Waals surface area contributed by atoms with Crippen molar-refractivity contribution in [3.05, 3.63) is 11.4 Å². The number of urea groups is 1. The number of nitrogens with two attached hydrogens (primary N) is 1. The van der Waals surface area contributed by atoms with E-state index >= 15 is 0 Å². The number of imide groups is 1. The predicted molar refractivity (Wildman–Crippen MR) is 86.9 cm³/mol. The van der Waals surface area contributed by atoms with Crippen molar-refractivity contribution in [2.45, 2.75) is 63.6 Å². The topological polar surface area (TPSA) is 90.0 Å². The maximum absolute atomic E-state index is 11.4. The Morgan fingerprint density at radius 1 is 1.32 bits per heavy atom. The van der Waals surface area contributed by atoms with Crippen molar-refractivity contribution in [3.8, 4) is 0 Å². The summed E-state index contributed by atoms with van der Waals surface area (Å²) in [6.45, 7) is 4.14. The molecule has 3 amide bonds. The van der Waals surface area contributed by atoms with Crippen LogP contribution in [0.4, 0.5) is 4.79 Å². The van der Waals surface area contributed by atoms with Gasteiger partial charge in [0.25, 0.3) is 0 Å². The van der Waals surface area contributed by atoms with E-state index in [1.54, 1.807) is 11.8 Å². The first-order valence-corrected chi connectivity index (χ1v) is 8.75. The van der Waals surface area contributed by atoms with Crippen molar-refractivity contribution >= 4 is 23.7 Å². The monoisotopic (exact) mass is 324 g/mol. The van der Waals surface area contributed by atoms with Gasteiger partial charge in [-0.3, -0.25) is 10.1 Å². The summed E-state index contributed by atoms with van der Waals surface area (Å²) in [5.41, 5.74) is 7.20. The van der Waals surface area contributed by atoms with Crippen molar-refractivity contribution in [3.63, 3.8) is 0 Å². The second-order valence-electron chi connectivity index (χ2n) is 5.74. The van der Waals surface area contributed by atoms with Crippen molar-refractivity contribution in [1.82, 2.24) is 14.9 Å². The molecule has 6 nitrogen and oxygen atoms in total. The molecule has 7 heteroatoms. The molecule has 1 aliphatic rings. The molecule has 0 aromatic carbocycles. The van der Waals surface area contributed by atoms with Crippen LogP contribution in [0, 0.1) is 13.8 Å². The third kappa shape index (κ3) is 4.25. The van der Waals surface area contributed by atoms with Crippen LogP contribution in [0.3, 0.4) is 0 Å². The molecule has 3 N–H and O–H groups in total. The van der Waals surface area contributed by atoms with Crippen LogP contribution < -0.4 is 11.1 Å². The van der Waals surface area contributed by atoms with Crippen molar-refractivity contribution < 1.29 is 9.59 Å². The van der Waals surface area contributed by atoms with Crippen molar-refractivity contribution in [2.75, 3.05) is 5.75 Å². The van der Waals surface area contributed by atoms with Gasteiger partial charge in [0, 0.05) is 23.9 Å². The summed E-state index contributed by atoms with van der Waals surface area (Å²) in [5.74, 6) is 0.242. The number of rotatable bonds is 5. The van der Waals surface area contributed by atoms with Gasteiger partial charge in [-0.2, -0.15) is 0 Å². The second-order valence-corrected chi connectivity index (χ2v) is 6.80. The van der Waals surface area contributed by atoms with Crippen LogP contribution in [0.25, 0.3) is 0 Å². The quantitative estimate of drug-likeness (QED) is 0.815. The molecule has 0 spiro atoms. The SMILES string of the molecule is Cc1nc(SCCC(=O)NC(N)=O)n(C2CCCCC2)c1C. The number of carbonyl (C=O) groups is 2. The Labute approximate surface area is 135 Å². The molecule has 0 atom stereocenters. The first kappa shape index (κ1) is 16.9. The maximum atomic E-state index is 11.4. The van der Waals surface area contributed by atoms with Crippen LogP contribution in [0.2, 0.25) is 0 Å². The van der Waals surface area contributed by atoms with E-state index in [0.717, 1.165) is 10.9 Å². The van der Waals surface area contributed by atoms with Gasteiger partial charge >= 0.3 is 6.03 Å². The maximum Gasteiger partial charge on any atom is 0.318 e. The molecule has 1 aliphatic carbocycles. The lowest BCUT2D eigenvalue weighted by atomic mass is 9.95. The fraction of sp³-hybridized carbons (Fsp3) is 0.667. The lowest BCUT2D eigenvalue weighted by molar-refractivity contribution is -0.119. The molecule has 0 bridgehead atoms. The molecule has 1 aromatic rings. The summed E-state index contributed by atoms with van der Waals surface area (Å²) in [7, 11) is 0. The minimum Gasteiger partial charge on any atom is -0.351 e. The average Bonchev–Trinajstić information content (AvgIpc) is 2.74. The molecule has 1 aromatic heterocycles. The lowest BCUT2D eigenvalue weighted by Gasteiger charge is -2.26. The second kappa shape index (κ2) is 7.67. The Hall–Kier alpha value is -1.50. The molecular weight excluding hydrogens is 300 g/mol. The van der Waals surface area contributed by atoms with Crippen LogP contribution in [0.1, 0.15) is 56.0 Å². The van der Waals surface area contributed by atoms with Crippen LogP contribution in [-0.2, 0) is 4.79 Å². The number of carbonyl (C=O) groups excluding carboxylic acids is 2. The first-order chi connectivity index (χ1) is 10.5. The van der Waals surface area contributed by atoms with E-state index in [2.05, 4.69) is 21.8 Å². The number of nitrogens with zero attached hydrogens (tertiary/aromatic N) is 2. The van der Waals surface area contributed by atoms with E-state index in [-0.39, 0.29) is 12.3 Å². The molecule has 0 aliphatic heterocycles. The number of aryl methyl sites for hydroxylation is 1. The Kier molecular flexibility index (Phi) is 5.88. The number of nitrogens with one attached hydrogen (secondary N) is 1. The third-order valence-electron chi connectivity index (χ3n) is 4.12. The fourth-order valence-electron chi connectivity index (χ4n) is 2.90. The summed E-state index contributed by atoms with van der Waals surface area (Å²) in [5, 5.41) is 3.06. The third-order valence-corrected chi connectivity index (χ3v) is 5.07. The molecule has 122 valence electrons. The Morgan fingerprint density at radius 3 is 2.64 bits per heavy atom. The smallest absolute Gasteiger partial charge is 0.318 e. The number of amides is 3. The van der Waals surface area contributed by atoms with Crippen LogP contribution >= 0.6 is 11.8 Å². The van der Waals surface area contributed by atoms with Gasteiger partial charge in [-0.15, -0.1) is 0 Å². The van der Waals surface area contributed by atoms with Gasteiger partial charge in [-0.05, 0) is 26.7 Å². The molecule has 2 rings (SSSR count). The van der Waals surface area contributed by atoms with Crippen LogP contribution in [-0.4, -0.2) is 27.2 Å². The number of imidazole rings is 1. The zero-order chi connectivity index (χ0) is 16.1. The minimum atomic E-state index is -0.801. The average molecular weight is 324 g/mol. The van der Waals surface area contributed by atoms with Gasteiger partial charge in [-0.25, -0.2) is 9.78 Å². The van der Waals surface area contributed by atoms with Crippen LogP contribution in [0.15, 0.2) is 5.16 Å². The minimum absolute atomic E-state index is 0.253. The number of primary amides is 1. The van der Waals surface area contributed by atoms with Gasteiger partial charge in [0.2, 0.25) is 5.91 Å². The van der Waals surface area contributed by atoms with E-state index in [1.165, 1.54) is 37.8 Å². The normalized spacial score (nSPS) is 15.7. The van der Waals surface area contributed by atoms with Gasteiger partial charge < -0.3 is 10.3 Å². The van der Waals surface area contributed by atoms with Gasteiger partial charge in [-0.1, -0.05) is 31.0 Å². The lowest BCUT2D eigenvalue weighted by Crippen LogP contribution is -2.35. The highest BCUT2D eigenvalue weighted by molar-refractivity contribution is 7.99. The summed E-state index contributed by atoms with van der Waals surface area (Å²) in [4.78, 5) is 26.7. The summed E-state index contributed by atoms with van der Waals surface area (Å²) < 4.78 is 2.34. The molecule has 22 heavy (non-hydrogen) atoms. The fourth-order valence-corrected chi connectivity index (χ4v) is 4.00. The Balaban J connectivity index is 1.99. The van der Waals surface area contributed by atoms with E-state index in [9.17, 15) is 9.59 Å². The van der Waals surface area contributed by atoms with Crippen molar-refractivity contribution in [1.29, 1.82) is 0 Å². The first-order valence-electron chi connectivity index (χ1n) is 7.76. The molecule has 1 fully saturated rings. The van der Waals surface area contributed by atoms with Crippen molar-refractivity contribution in [2.24, 2.45) is 5.73 Å². The van der Waals surface area contributed by atoms with Gasteiger partial charge in [0.15, 0.2) is 5.16 Å². The predicted octanol–water partition coefficient (Wildman–Crippen LogP) is 2.68. The highest BCUT2D eigenvalue weighted by atomic mass is 32.2. The van der Waals surface area contributed by atoms with Gasteiger partial charge in [0.1, 0.15) is 0 Å². The van der Waals surface area contributed by atoms with E-state index in [1.807, 2.05) is 6.92 Å².